The third kappa shape index (κ3) is 3.65. The van der Waals surface area contributed by atoms with Crippen LogP contribution in [0.5, 0.6) is 0 Å². The summed E-state index contributed by atoms with van der Waals surface area (Å²) in [6, 6.07) is 5.59. The van der Waals surface area contributed by atoms with Gasteiger partial charge >= 0.3 is 5.97 Å². The quantitative estimate of drug-likeness (QED) is 0.847. The maximum atomic E-state index is 12.5. The lowest BCUT2D eigenvalue weighted by atomic mass is 9.88. The standard InChI is InChI=1S/C17H23NO4/c1-3-17(4-2,10-15(19)20)18-16(21)13-5-6-14-11-22-8-7-12(14)9-13/h5-6,9H,3-4,7-8,10-11H2,1-2H3,(H,18,21)(H,19,20). The number of carbonyl (C=O) groups is 2. The van der Waals surface area contributed by atoms with E-state index in [0.717, 1.165) is 17.5 Å². The van der Waals surface area contributed by atoms with E-state index in [0.29, 0.717) is 31.6 Å². The number of hydrogen-bond donors (Lipinski definition) is 2. The molecule has 1 aromatic carbocycles. The van der Waals surface area contributed by atoms with Gasteiger partial charge in [-0.2, -0.15) is 0 Å². The van der Waals surface area contributed by atoms with Gasteiger partial charge in [0.05, 0.1) is 25.2 Å². The molecule has 2 rings (SSSR count). The van der Waals surface area contributed by atoms with Gasteiger partial charge in [-0.05, 0) is 42.5 Å². The number of hydrogen-bond acceptors (Lipinski definition) is 3. The first-order valence-corrected chi connectivity index (χ1v) is 7.73. The molecule has 0 fully saturated rings. The van der Waals surface area contributed by atoms with Gasteiger partial charge in [-0.3, -0.25) is 9.59 Å². The molecule has 1 aromatic rings. The Kier molecular flexibility index (Phi) is 5.19. The van der Waals surface area contributed by atoms with Crippen LogP contribution >= 0.6 is 0 Å². The zero-order valence-electron chi connectivity index (χ0n) is 13.1. The predicted octanol–water partition coefficient (Wildman–Crippen LogP) is 2.52. The third-order valence-electron chi connectivity index (χ3n) is 4.46. The summed E-state index contributed by atoms with van der Waals surface area (Å²) in [5.74, 6) is -1.11. The highest BCUT2D eigenvalue weighted by atomic mass is 16.5. The Morgan fingerprint density at radius 3 is 2.64 bits per heavy atom. The Labute approximate surface area is 130 Å². The van der Waals surface area contributed by atoms with Crippen molar-refractivity contribution in [1.82, 2.24) is 5.32 Å². The van der Waals surface area contributed by atoms with Crippen LogP contribution in [-0.2, 0) is 22.6 Å². The number of amides is 1. The fourth-order valence-corrected chi connectivity index (χ4v) is 2.83. The fourth-order valence-electron chi connectivity index (χ4n) is 2.83. The van der Waals surface area contributed by atoms with Gasteiger partial charge in [-0.15, -0.1) is 0 Å². The number of aliphatic carboxylic acids is 1. The number of carbonyl (C=O) groups excluding carboxylic acids is 1. The fraction of sp³-hybridized carbons (Fsp3) is 0.529. The van der Waals surface area contributed by atoms with Crippen molar-refractivity contribution >= 4 is 11.9 Å². The minimum absolute atomic E-state index is 0.0650. The molecular weight excluding hydrogens is 282 g/mol. The van der Waals surface area contributed by atoms with Gasteiger partial charge in [0.2, 0.25) is 0 Å². The monoisotopic (exact) mass is 305 g/mol. The second-order valence-corrected chi connectivity index (χ2v) is 5.80. The van der Waals surface area contributed by atoms with Gasteiger partial charge in [0.25, 0.3) is 5.91 Å². The average molecular weight is 305 g/mol. The van der Waals surface area contributed by atoms with Crippen molar-refractivity contribution in [2.75, 3.05) is 6.61 Å². The Balaban J connectivity index is 2.18. The maximum absolute atomic E-state index is 12.5. The van der Waals surface area contributed by atoms with Crippen LogP contribution in [-0.4, -0.2) is 29.1 Å². The third-order valence-corrected chi connectivity index (χ3v) is 4.46. The van der Waals surface area contributed by atoms with Crippen molar-refractivity contribution in [1.29, 1.82) is 0 Å². The molecule has 0 saturated carbocycles. The molecular formula is C17H23NO4. The van der Waals surface area contributed by atoms with E-state index in [2.05, 4.69) is 5.32 Å². The lowest BCUT2D eigenvalue weighted by Gasteiger charge is -2.31. The highest BCUT2D eigenvalue weighted by Gasteiger charge is 2.31. The second-order valence-electron chi connectivity index (χ2n) is 5.80. The molecule has 22 heavy (non-hydrogen) atoms. The Morgan fingerprint density at radius 2 is 2.00 bits per heavy atom. The first kappa shape index (κ1) is 16.5. The van der Waals surface area contributed by atoms with Crippen molar-refractivity contribution in [3.63, 3.8) is 0 Å². The SMILES string of the molecule is CCC(CC)(CC(=O)O)NC(=O)c1ccc2c(c1)CCOC2. The molecule has 0 aromatic heterocycles. The minimum atomic E-state index is -0.897. The summed E-state index contributed by atoms with van der Waals surface area (Å²) in [5.41, 5.74) is 2.14. The highest BCUT2D eigenvalue weighted by Crippen LogP contribution is 2.22. The van der Waals surface area contributed by atoms with Crippen molar-refractivity contribution < 1.29 is 19.4 Å². The number of nitrogens with one attached hydrogen (secondary N) is 1. The van der Waals surface area contributed by atoms with E-state index in [1.165, 1.54) is 0 Å². The predicted molar refractivity (Wildman–Crippen MR) is 82.8 cm³/mol. The van der Waals surface area contributed by atoms with Crippen LogP contribution in [0.25, 0.3) is 0 Å². The summed E-state index contributed by atoms with van der Waals surface area (Å²) in [7, 11) is 0. The molecule has 0 spiro atoms. The van der Waals surface area contributed by atoms with Crippen LogP contribution in [0.2, 0.25) is 0 Å². The number of ether oxygens (including phenoxy) is 1. The van der Waals surface area contributed by atoms with E-state index in [9.17, 15) is 9.59 Å². The molecule has 0 radical (unpaired) electrons. The summed E-state index contributed by atoms with van der Waals surface area (Å²) in [6.45, 7) is 5.06. The van der Waals surface area contributed by atoms with Crippen LogP contribution in [0.4, 0.5) is 0 Å². The molecule has 120 valence electrons. The first-order valence-electron chi connectivity index (χ1n) is 7.73. The zero-order chi connectivity index (χ0) is 16.2. The summed E-state index contributed by atoms with van der Waals surface area (Å²) in [4.78, 5) is 23.6. The summed E-state index contributed by atoms with van der Waals surface area (Å²) < 4.78 is 5.39. The van der Waals surface area contributed by atoms with Crippen LogP contribution < -0.4 is 5.32 Å². The molecule has 5 heteroatoms. The van der Waals surface area contributed by atoms with Crippen molar-refractivity contribution in [3.8, 4) is 0 Å². The number of rotatable bonds is 6. The number of carboxylic acid groups (broad SMARTS) is 1. The number of benzene rings is 1. The molecule has 1 aliphatic rings. The molecule has 0 saturated heterocycles. The van der Waals surface area contributed by atoms with Gasteiger partial charge in [0.1, 0.15) is 0 Å². The van der Waals surface area contributed by atoms with Gasteiger partial charge in [-0.1, -0.05) is 19.9 Å². The molecule has 2 N–H and O–H groups in total. The molecule has 1 aliphatic heterocycles. The van der Waals surface area contributed by atoms with Crippen LogP contribution in [0.15, 0.2) is 18.2 Å². The highest BCUT2D eigenvalue weighted by molar-refractivity contribution is 5.95. The molecule has 1 amide bonds. The van der Waals surface area contributed by atoms with Crippen molar-refractivity contribution in [2.24, 2.45) is 0 Å². The molecule has 0 aliphatic carbocycles. The topological polar surface area (TPSA) is 75.6 Å². The average Bonchev–Trinajstić information content (AvgIpc) is 2.53. The summed E-state index contributed by atoms with van der Waals surface area (Å²) in [6.07, 6.45) is 1.91. The molecule has 0 unspecified atom stereocenters. The summed E-state index contributed by atoms with van der Waals surface area (Å²) in [5, 5.41) is 12.0. The smallest absolute Gasteiger partial charge is 0.305 e. The Bertz CT molecular complexity index is 564. The normalized spacial score (nSPS) is 14.3. The van der Waals surface area contributed by atoms with Crippen LogP contribution in [0.3, 0.4) is 0 Å². The second kappa shape index (κ2) is 6.92. The Hall–Kier alpha value is -1.88. The summed E-state index contributed by atoms with van der Waals surface area (Å²) >= 11 is 0. The lowest BCUT2D eigenvalue weighted by Crippen LogP contribution is -2.49. The number of fused-ring (bicyclic) bond motifs is 1. The van der Waals surface area contributed by atoms with Crippen molar-refractivity contribution in [2.45, 2.75) is 51.7 Å². The minimum Gasteiger partial charge on any atom is -0.481 e. The largest absolute Gasteiger partial charge is 0.481 e. The van der Waals surface area contributed by atoms with Crippen LogP contribution in [0.1, 0.15) is 54.6 Å². The van der Waals surface area contributed by atoms with E-state index >= 15 is 0 Å². The van der Waals surface area contributed by atoms with E-state index < -0.39 is 11.5 Å². The van der Waals surface area contributed by atoms with Gasteiger partial charge in [-0.25, -0.2) is 0 Å². The van der Waals surface area contributed by atoms with E-state index in [4.69, 9.17) is 9.84 Å². The van der Waals surface area contributed by atoms with E-state index in [1.54, 1.807) is 6.07 Å². The van der Waals surface area contributed by atoms with Crippen LogP contribution in [0, 0.1) is 0 Å². The Morgan fingerprint density at radius 1 is 1.27 bits per heavy atom. The molecule has 5 nitrogen and oxygen atoms in total. The van der Waals surface area contributed by atoms with Gasteiger partial charge in [0, 0.05) is 5.56 Å². The lowest BCUT2D eigenvalue weighted by molar-refractivity contribution is -0.138. The first-order chi connectivity index (χ1) is 10.5. The maximum Gasteiger partial charge on any atom is 0.305 e. The number of carboxylic acids is 1. The van der Waals surface area contributed by atoms with Gasteiger partial charge < -0.3 is 15.2 Å². The van der Waals surface area contributed by atoms with Gasteiger partial charge in [0.15, 0.2) is 0 Å². The zero-order valence-corrected chi connectivity index (χ0v) is 13.1. The van der Waals surface area contributed by atoms with Crippen molar-refractivity contribution in [3.05, 3.63) is 34.9 Å². The van der Waals surface area contributed by atoms with E-state index in [1.807, 2.05) is 26.0 Å². The molecule has 0 atom stereocenters. The molecule has 1 heterocycles. The molecule has 0 bridgehead atoms. The van der Waals surface area contributed by atoms with E-state index in [-0.39, 0.29) is 12.3 Å².